The zero-order chi connectivity index (χ0) is 23.2. The zero-order valence-corrected chi connectivity index (χ0v) is 18.0. The summed E-state index contributed by atoms with van der Waals surface area (Å²) in [6, 6.07) is 12.6. The summed E-state index contributed by atoms with van der Waals surface area (Å²) in [5.41, 5.74) is 10.5. The van der Waals surface area contributed by atoms with Gasteiger partial charge in [-0.25, -0.2) is 10.1 Å². The highest BCUT2D eigenvalue weighted by molar-refractivity contribution is 6.01. The number of aromatic nitrogens is 6. The summed E-state index contributed by atoms with van der Waals surface area (Å²) in [4.78, 5) is 17.2. The Morgan fingerprint density at radius 2 is 2.03 bits per heavy atom. The van der Waals surface area contributed by atoms with Crippen molar-refractivity contribution in [3.05, 3.63) is 60.0 Å². The predicted molar refractivity (Wildman–Crippen MR) is 119 cm³/mol. The molecule has 168 valence electrons. The van der Waals surface area contributed by atoms with E-state index in [-0.39, 0.29) is 17.3 Å². The first kappa shape index (κ1) is 21.6. The molecule has 0 fully saturated rings. The van der Waals surface area contributed by atoms with E-state index in [9.17, 15) is 4.79 Å². The van der Waals surface area contributed by atoms with Crippen molar-refractivity contribution in [1.82, 2.24) is 35.7 Å². The molecule has 3 heterocycles. The molecule has 0 aliphatic heterocycles. The topological polar surface area (TPSA) is 159 Å². The minimum atomic E-state index is -0.576. The van der Waals surface area contributed by atoms with Gasteiger partial charge in [-0.15, -0.1) is 5.10 Å². The Hall–Kier alpha value is -4.61. The molecule has 0 unspecified atom stereocenters. The fourth-order valence-corrected chi connectivity index (χ4v) is 2.93. The maximum Gasteiger partial charge on any atom is 0.294 e. The van der Waals surface area contributed by atoms with Gasteiger partial charge in [0.1, 0.15) is 11.4 Å². The Morgan fingerprint density at radius 1 is 1.21 bits per heavy atom. The number of anilines is 1. The van der Waals surface area contributed by atoms with Gasteiger partial charge in [0.15, 0.2) is 5.69 Å². The number of hydrogen-bond acceptors (Lipinski definition) is 10. The van der Waals surface area contributed by atoms with Crippen molar-refractivity contribution in [2.24, 2.45) is 5.10 Å². The summed E-state index contributed by atoms with van der Waals surface area (Å²) in [5.74, 6) is 0.229. The zero-order valence-electron chi connectivity index (χ0n) is 18.0. The molecule has 3 aromatic heterocycles. The van der Waals surface area contributed by atoms with Crippen LogP contribution in [0.15, 0.2) is 58.4 Å². The molecular weight excluding hydrogens is 426 g/mol. The van der Waals surface area contributed by atoms with Crippen LogP contribution in [0.5, 0.6) is 5.75 Å². The molecule has 0 radical (unpaired) electrons. The number of nitrogen functional groups attached to an aromatic ring is 1. The van der Waals surface area contributed by atoms with Crippen LogP contribution in [-0.2, 0) is 0 Å². The van der Waals surface area contributed by atoms with E-state index < -0.39 is 5.91 Å². The smallest absolute Gasteiger partial charge is 0.294 e. The lowest BCUT2D eigenvalue weighted by Crippen LogP contribution is -2.21. The lowest BCUT2D eigenvalue weighted by Gasteiger charge is -2.08. The van der Waals surface area contributed by atoms with Crippen LogP contribution in [0.25, 0.3) is 17.1 Å². The summed E-state index contributed by atoms with van der Waals surface area (Å²) >= 11 is 0. The van der Waals surface area contributed by atoms with Gasteiger partial charge in [0.05, 0.1) is 18.0 Å². The molecule has 12 heteroatoms. The standard InChI is InChI=1S/C21H21N9O3/c1-3-12-32-15-9-7-14(8-10-15)18-17(25-29-30(18)20-19(22)27-33-28-20)21(31)26-24-13(2)16-6-4-5-11-23-16/h4-11H,3,12H2,1-2H3,(H2,22,27)(H,26,31)/b24-13-. The molecule has 0 saturated carbocycles. The molecule has 12 nitrogen and oxygen atoms in total. The molecule has 0 aliphatic rings. The maximum absolute atomic E-state index is 13.0. The molecule has 0 aliphatic carbocycles. The highest BCUT2D eigenvalue weighted by Crippen LogP contribution is 2.28. The molecule has 1 amide bonds. The number of hydrogen-bond donors (Lipinski definition) is 2. The number of amides is 1. The lowest BCUT2D eigenvalue weighted by atomic mass is 10.1. The van der Waals surface area contributed by atoms with Gasteiger partial charge in [-0.3, -0.25) is 9.78 Å². The number of carbonyl (C=O) groups is 1. The SMILES string of the molecule is CCCOc1ccc(-c2c(C(=O)N/N=C(/C)c3ccccn3)nnn2-c2nonc2N)cc1. The number of benzene rings is 1. The van der Waals surface area contributed by atoms with Crippen molar-refractivity contribution < 1.29 is 14.2 Å². The highest BCUT2D eigenvalue weighted by atomic mass is 16.6. The summed E-state index contributed by atoms with van der Waals surface area (Å²) in [6.45, 7) is 4.36. The Kier molecular flexibility index (Phi) is 6.34. The third-order valence-electron chi connectivity index (χ3n) is 4.54. The van der Waals surface area contributed by atoms with E-state index in [1.54, 1.807) is 49.5 Å². The number of carbonyl (C=O) groups excluding carboxylic acids is 1. The second kappa shape index (κ2) is 9.68. The first-order valence-electron chi connectivity index (χ1n) is 10.1. The van der Waals surface area contributed by atoms with Gasteiger partial charge in [-0.1, -0.05) is 18.2 Å². The third kappa shape index (κ3) is 4.69. The molecule has 1 aromatic carbocycles. The van der Waals surface area contributed by atoms with Gasteiger partial charge in [0.2, 0.25) is 11.6 Å². The van der Waals surface area contributed by atoms with Gasteiger partial charge in [0, 0.05) is 11.8 Å². The number of nitrogens with zero attached hydrogens (tertiary/aromatic N) is 7. The van der Waals surface area contributed by atoms with Crippen LogP contribution in [0, 0.1) is 0 Å². The van der Waals surface area contributed by atoms with Crippen molar-refractivity contribution in [1.29, 1.82) is 0 Å². The predicted octanol–water partition coefficient (Wildman–Crippen LogP) is 2.24. The van der Waals surface area contributed by atoms with Crippen molar-refractivity contribution in [2.75, 3.05) is 12.3 Å². The molecule has 0 bridgehead atoms. The van der Waals surface area contributed by atoms with Crippen LogP contribution >= 0.6 is 0 Å². The average molecular weight is 447 g/mol. The van der Waals surface area contributed by atoms with Gasteiger partial charge < -0.3 is 10.5 Å². The lowest BCUT2D eigenvalue weighted by molar-refractivity contribution is 0.0950. The van der Waals surface area contributed by atoms with Crippen LogP contribution in [0.1, 0.15) is 36.5 Å². The third-order valence-corrected chi connectivity index (χ3v) is 4.54. The first-order chi connectivity index (χ1) is 16.1. The van der Waals surface area contributed by atoms with E-state index in [4.69, 9.17) is 10.5 Å². The molecule has 3 N–H and O–H groups in total. The summed E-state index contributed by atoms with van der Waals surface area (Å²) in [6.07, 6.45) is 2.53. The van der Waals surface area contributed by atoms with Crippen LogP contribution in [0.4, 0.5) is 5.82 Å². The summed E-state index contributed by atoms with van der Waals surface area (Å²) in [5, 5.41) is 19.6. The van der Waals surface area contributed by atoms with E-state index in [0.29, 0.717) is 35.0 Å². The fraction of sp³-hybridized carbons (Fsp3) is 0.190. The minimum Gasteiger partial charge on any atom is -0.494 e. The first-order valence-corrected chi connectivity index (χ1v) is 10.1. The van der Waals surface area contributed by atoms with Crippen LogP contribution < -0.4 is 15.9 Å². The van der Waals surface area contributed by atoms with E-state index in [0.717, 1.165) is 6.42 Å². The molecule has 0 spiro atoms. The van der Waals surface area contributed by atoms with Crippen molar-refractivity contribution in [3.8, 4) is 22.8 Å². The van der Waals surface area contributed by atoms with E-state index in [1.807, 2.05) is 13.0 Å². The molecular formula is C21H21N9O3. The van der Waals surface area contributed by atoms with Crippen molar-refractivity contribution in [3.63, 3.8) is 0 Å². The molecule has 33 heavy (non-hydrogen) atoms. The molecule has 4 aromatic rings. The fourth-order valence-electron chi connectivity index (χ4n) is 2.93. The van der Waals surface area contributed by atoms with Crippen molar-refractivity contribution in [2.45, 2.75) is 20.3 Å². The van der Waals surface area contributed by atoms with Gasteiger partial charge in [0.25, 0.3) is 5.91 Å². The van der Waals surface area contributed by atoms with E-state index >= 15 is 0 Å². The maximum atomic E-state index is 13.0. The van der Waals surface area contributed by atoms with E-state index in [2.05, 4.69) is 40.8 Å². The monoisotopic (exact) mass is 447 g/mol. The Balaban J connectivity index is 1.69. The Bertz CT molecular complexity index is 1260. The molecule has 0 saturated heterocycles. The van der Waals surface area contributed by atoms with Crippen LogP contribution in [-0.4, -0.2) is 48.5 Å². The second-order valence-electron chi connectivity index (χ2n) is 6.90. The van der Waals surface area contributed by atoms with Gasteiger partial charge >= 0.3 is 0 Å². The van der Waals surface area contributed by atoms with Crippen molar-refractivity contribution >= 4 is 17.4 Å². The van der Waals surface area contributed by atoms with Gasteiger partial charge in [-0.2, -0.15) is 9.78 Å². The number of nitrogens with one attached hydrogen (secondary N) is 1. The number of rotatable bonds is 8. The largest absolute Gasteiger partial charge is 0.494 e. The Labute approximate surface area is 188 Å². The minimum absolute atomic E-state index is 0.0000229. The van der Waals surface area contributed by atoms with E-state index in [1.165, 1.54) is 4.68 Å². The molecule has 4 rings (SSSR count). The number of pyridine rings is 1. The molecule has 0 atom stereocenters. The normalized spacial score (nSPS) is 11.4. The highest BCUT2D eigenvalue weighted by Gasteiger charge is 2.25. The average Bonchev–Trinajstić information content (AvgIpc) is 3.48. The second-order valence-corrected chi connectivity index (χ2v) is 6.90. The number of ether oxygens (including phenoxy) is 1. The van der Waals surface area contributed by atoms with Crippen LogP contribution in [0.2, 0.25) is 0 Å². The Morgan fingerprint density at radius 3 is 2.70 bits per heavy atom. The quantitative estimate of drug-likeness (QED) is 0.305. The van der Waals surface area contributed by atoms with Crippen LogP contribution in [0.3, 0.4) is 0 Å². The van der Waals surface area contributed by atoms with Gasteiger partial charge in [-0.05, 0) is 60.1 Å². The number of nitrogens with two attached hydrogens (primary N) is 1. The summed E-state index contributed by atoms with van der Waals surface area (Å²) in [7, 11) is 0. The summed E-state index contributed by atoms with van der Waals surface area (Å²) < 4.78 is 11.6. The number of hydrazone groups is 1.